The van der Waals surface area contributed by atoms with Crippen LogP contribution in [0.15, 0.2) is 28.8 Å². The van der Waals surface area contributed by atoms with Gasteiger partial charge in [-0.05, 0) is 18.6 Å². The third-order valence-electron chi connectivity index (χ3n) is 3.79. The van der Waals surface area contributed by atoms with Gasteiger partial charge < -0.3 is 9.32 Å². The second-order valence-corrected chi connectivity index (χ2v) is 6.65. The molecule has 6 nitrogen and oxygen atoms in total. The number of rotatable bonds is 2. The van der Waals surface area contributed by atoms with Crippen LogP contribution < -0.4 is 0 Å². The van der Waals surface area contributed by atoms with Gasteiger partial charge >= 0.3 is 0 Å². The molecule has 1 saturated heterocycles. The highest BCUT2D eigenvalue weighted by Crippen LogP contribution is 2.29. The van der Waals surface area contributed by atoms with Crippen LogP contribution in [-0.2, 0) is 5.41 Å². The van der Waals surface area contributed by atoms with Crippen molar-refractivity contribution in [1.82, 2.24) is 20.1 Å². The Kier molecular flexibility index (Phi) is 3.68. The van der Waals surface area contributed by atoms with Crippen LogP contribution in [0.4, 0.5) is 0 Å². The van der Waals surface area contributed by atoms with Crippen LogP contribution in [-0.4, -0.2) is 39.1 Å². The van der Waals surface area contributed by atoms with Gasteiger partial charge in [0.15, 0.2) is 0 Å². The van der Waals surface area contributed by atoms with Gasteiger partial charge in [0.05, 0.1) is 5.92 Å². The largest absolute Gasteiger partial charge is 0.424 e. The second-order valence-electron chi connectivity index (χ2n) is 6.65. The van der Waals surface area contributed by atoms with Crippen molar-refractivity contribution in [2.75, 3.05) is 13.1 Å². The van der Waals surface area contributed by atoms with Crippen LogP contribution in [0.2, 0.25) is 0 Å². The molecule has 1 aliphatic heterocycles. The molecule has 0 bridgehead atoms. The van der Waals surface area contributed by atoms with Gasteiger partial charge in [0.1, 0.15) is 5.69 Å². The maximum atomic E-state index is 12.4. The number of likely N-dealkylation sites (tertiary alicyclic amines) is 1. The summed E-state index contributed by atoms with van der Waals surface area (Å²) in [4.78, 5) is 18.3. The minimum Gasteiger partial charge on any atom is -0.424 e. The van der Waals surface area contributed by atoms with Crippen molar-refractivity contribution in [3.63, 3.8) is 0 Å². The summed E-state index contributed by atoms with van der Waals surface area (Å²) in [7, 11) is 0. The van der Waals surface area contributed by atoms with E-state index >= 15 is 0 Å². The Morgan fingerprint density at radius 1 is 1.32 bits per heavy atom. The number of pyridine rings is 1. The molecular formula is C16H20N4O2. The van der Waals surface area contributed by atoms with Crippen molar-refractivity contribution in [2.45, 2.75) is 38.5 Å². The highest BCUT2D eigenvalue weighted by Gasteiger charge is 2.33. The van der Waals surface area contributed by atoms with Crippen LogP contribution in [0.3, 0.4) is 0 Å². The average molecular weight is 300 g/mol. The summed E-state index contributed by atoms with van der Waals surface area (Å²) in [6.07, 6.45) is 2.47. The lowest BCUT2D eigenvalue weighted by Crippen LogP contribution is -2.29. The first-order valence-electron chi connectivity index (χ1n) is 7.49. The molecule has 0 saturated carbocycles. The number of nitrogens with zero attached hydrogens (tertiary/aromatic N) is 4. The highest BCUT2D eigenvalue weighted by molar-refractivity contribution is 5.92. The smallest absolute Gasteiger partial charge is 0.272 e. The Hall–Kier alpha value is -2.24. The quantitative estimate of drug-likeness (QED) is 0.851. The van der Waals surface area contributed by atoms with Crippen molar-refractivity contribution in [1.29, 1.82) is 0 Å². The molecule has 0 N–H and O–H groups in total. The van der Waals surface area contributed by atoms with Gasteiger partial charge in [-0.2, -0.15) is 0 Å². The Morgan fingerprint density at radius 2 is 2.14 bits per heavy atom. The third kappa shape index (κ3) is 2.86. The molecular weight excluding hydrogens is 280 g/mol. The molecule has 1 atom stereocenters. The van der Waals surface area contributed by atoms with Gasteiger partial charge in [0.2, 0.25) is 11.8 Å². The molecule has 1 aliphatic rings. The molecule has 116 valence electrons. The minimum atomic E-state index is -0.159. The monoisotopic (exact) mass is 300 g/mol. The first-order valence-corrected chi connectivity index (χ1v) is 7.49. The average Bonchev–Trinajstić information content (AvgIpc) is 3.15. The fraction of sp³-hybridized carbons (Fsp3) is 0.500. The second kappa shape index (κ2) is 5.51. The summed E-state index contributed by atoms with van der Waals surface area (Å²) in [5.41, 5.74) is 0.317. The van der Waals surface area contributed by atoms with Gasteiger partial charge in [0, 0.05) is 24.7 Å². The van der Waals surface area contributed by atoms with Crippen molar-refractivity contribution < 1.29 is 9.21 Å². The van der Waals surface area contributed by atoms with Crippen LogP contribution in [0, 0.1) is 0 Å². The van der Waals surface area contributed by atoms with Crippen molar-refractivity contribution in [3.8, 4) is 0 Å². The molecule has 2 aromatic rings. The molecule has 6 heteroatoms. The van der Waals surface area contributed by atoms with Gasteiger partial charge in [-0.25, -0.2) is 0 Å². The number of carbonyl (C=O) groups excluding carboxylic acids is 1. The van der Waals surface area contributed by atoms with Crippen molar-refractivity contribution >= 4 is 5.91 Å². The summed E-state index contributed by atoms with van der Waals surface area (Å²) in [6.45, 7) is 7.40. The van der Waals surface area contributed by atoms with Crippen LogP contribution in [0.1, 0.15) is 55.4 Å². The zero-order valence-electron chi connectivity index (χ0n) is 13.1. The standard InChI is InChI=1S/C16H20N4O2/c1-16(2,3)15-19-18-13(22-15)11-7-9-20(10-11)14(21)12-6-4-5-8-17-12/h4-6,8,11H,7,9-10H2,1-3H3/t11-/m0/s1. The summed E-state index contributed by atoms with van der Waals surface area (Å²) in [5, 5.41) is 8.29. The maximum absolute atomic E-state index is 12.4. The third-order valence-corrected chi connectivity index (χ3v) is 3.79. The van der Waals surface area contributed by atoms with E-state index in [0.717, 1.165) is 6.42 Å². The van der Waals surface area contributed by atoms with E-state index in [-0.39, 0.29) is 17.2 Å². The topological polar surface area (TPSA) is 72.1 Å². The lowest BCUT2D eigenvalue weighted by molar-refractivity contribution is 0.0784. The SMILES string of the molecule is CC(C)(C)c1nnc([C@H]2CCN(C(=O)c3ccccn3)C2)o1. The predicted molar refractivity (Wildman–Crippen MR) is 80.5 cm³/mol. The van der Waals surface area contributed by atoms with E-state index in [4.69, 9.17) is 4.42 Å². The lowest BCUT2D eigenvalue weighted by Gasteiger charge is -2.15. The molecule has 0 aliphatic carbocycles. The van der Waals surface area contributed by atoms with E-state index in [1.165, 1.54) is 0 Å². The number of carbonyl (C=O) groups is 1. The normalized spacial score (nSPS) is 18.7. The van der Waals surface area contributed by atoms with Crippen molar-refractivity contribution in [2.24, 2.45) is 0 Å². The van der Waals surface area contributed by atoms with Gasteiger partial charge in [0.25, 0.3) is 5.91 Å². The molecule has 0 aromatic carbocycles. The molecule has 3 rings (SSSR count). The van der Waals surface area contributed by atoms with E-state index in [1.807, 2.05) is 26.8 Å². The number of aromatic nitrogens is 3. The minimum absolute atomic E-state index is 0.0429. The molecule has 22 heavy (non-hydrogen) atoms. The van der Waals surface area contributed by atoms with E-state index in [2.05, 4.69) is 15.2 Å². The van der Waals surface area contributed by atoms with Gasteiger partial charge in [-0.15, -0.1) is 10.2 Å². The first-order chi connectivity index (χ1) is 10.4. The van der Waals surface area contributed by atoms with E-state index in [0.29, 0.717) is 30.6 Å². The first kappa shape index (κ1) is 14.7. The Balaban J connectivity index is 1.70. The van der Waals surface area contributed by atoms with E-state index in [1.54, 1.807) is 23.2 Å². The Labute approximate surface area is 129 Å². The van der Waals surface area contributed by atoms with Crippen LogP contribution >= 0.6 is 0 Å². The fourth-order valence-electron chi connectivity index (χ4n) is 2.50. The van der Waals surface area contributed by atoms with Crippen LogP contribution in [0.5, 0.6) is 0 Å². The molecule has 0 spiro atoms. The maximum Gasteiger partial charge on any atom is 0.272 e. The zero-order chi connectivity index (χ0) is 15.7. The van der Waals surface area contributed by atoms with Gasteiger partial charge in [-0.3, -0.25) is 9.78 Å². The fourth-order valence-corrected chi connectivity index (χ4v) is 2.50. The zero-order valence-corrected chi connectivity index (χ0v) is 13.1. The number of amides is 1. The number of hydrogen-bond donors (Lipinski definition) is 0. The Bertz CT molecular complexity index is 660. The molecule has 1 amide bonds. The lowest BCUT2D eigenvalue weighted by atomic mass is 9.97. The van der Waals surface area contributed by atoms with E-state index < -0.39 is 0 Å². The van der Waals surface area contributed by atoms with Crippen LogP contribution in [0.25, 0.3) is 0 Å². The van der Waals surface area contributed by atoms with E-state index in [9.17, 15) is 4.79 Å². The Morgan fingerprint density at radius 3 is 2.77 bits per heavy atom. The van der Waals surface area contributed by atoms with Crippen molar-refractivity contribution in [3.05, 3.63) is 41.9 Å². The molecule has 0 radical (unpaired) electrons. The number of hydrogen-bond acceptors (Lipinski definition) is 5. The summed E-state index contributed by atoms with van der Waals surface area (Å²) in [5.74, 6) is 1.33. The summed E-state index contributed by atoms with van der Waals surface area (Å²) >= 11 is 0. The molecule has 0 unspecified atom stereocenters. The highest BCUT2D eigenvalue weighted by atomic mass is 16.4. The van der Waals surface area contributed by atoms with Gasteiger partial charge in [-0.1, -0.05) is 26.8 Å². The molecule has 3 heterocycles. The summed E-state index contributed by atoms with van der Waals surface area (Å²) < 4.78 is 5.79. The molecule has 2 aromatic heterocycles. The predicted octanol–water partition coefficient (Wildman–Crippen LogP) is 2.39. The summed E-state index contributed by atoms with van der Waals surface area (Å²) in [6, 6.07) is 5.36. The molecule has 1 fully saturated rings.